The van der Waals surface area contributed by atoms with E-state index in [4.69, 9.17) is 0 Å². The number of hydrogen-bond donors (Lipinski definition) is 1. The van der Waals surface area contributed by atoms with Gasteiger partial charge in [0.05, 0.1) is 0 Å². The van der Waals surface area contributed by atoms with Gasteiger partial charge in [0.25, 0.3) is 0 Å². The zero-order chi connectivity index (χ0) is 16.3. The van der Waals surface area contributed by atoms with Gasteiger partial charge in [-0.1, -0.05) is 13.8 Å². The van der Waals surface area contributed by atoms with E-state index in [-0.39, 0.29) is 0 Å². The number of nitrogens with one attached hydrogen (secondary N) is 1. The number of hydrogen-bond acceptors (Lipinski definition) is 3. The van der Waals surface area contributed by atoms with Crippen LogP contribution in [-0.4, -0.2) is 29.5 Å². The second-order valence-corrected chi connectivity index (χ2v) is 7.90. The molecule has 1 N–H and O–H groups in total. The van der Waals surface area contributed by atoms with Crippen molar-refractivity contribution < 1.29 is 0 Å². The highest BCUT2D eigenvalue weighted by Gasteiger charge is 2.11. The third-order valence-corrected chi connectivity index (χ3v) is 4.58. The van der Waals surface area contributed by atoms with Gasteiger partial charge in [-0.15, -0.1) is 0 Å². The van der Waals surface area contributed by atoms with Crippen LogP contribution < -0.4 is 4.72 Å². The summed E-state index contributed by atoms with van der Waals surface area (Å²) in [5, 5.41) is 1.42. The molecule has 0 spiro atoms. The molecule has 0 aliphatic rings. The van der Waals surface area contributed by atoms with Gasteiger partial charge in [-0.25, -0.2) is 4.31 Å². The molecule has 0 aliphatic carbocycles. The van der Waals surface area contributed by atoms with Gasteiger partial charge >= 0.3 is 0 Å². The molecule has 0 saturated heterocycles. The van der Waals surface area contributed by atoms with Crippen molar-refractivity contribution >= 4 is 23.0 Å². The van der Waals surface area contributed by atoms with Crippen molar-refractivity contribution in [3.05, 3.63) is 35.0 Å². The molecular formula is C18H29N3S. The molecule has 0 saturated carbocycles. The molecule has 0 fully saturated rings. The Bertz CT molecular complexity index is 629. The van der Waals surface area contributed by atoms with Crippen LogP contribution in [0.15, 0.2) is 18.3 Å². The van der Waals surface area contributed by atoms with E-state index in [2.05, 4.69) is 73.7 Å². The number of fused-ring (bicyclic) bond motifs is 1. The van der Waals surface area contributed by atoms with Crippen LogP contribution in [0.3, 0.4) is 0 Å². The van der Waals surface area contributed by atoms with Crippen LogP contribution in [0, 0.1) is 19.8 Å². The average Bonchev–Trinajstić information content (AvgIpc) is 2.72. The third-order valence-electron chi connectivity index (χ3n) is 3.88. The molecule has 3 nitrogen and oxygen atoms in total. The zero-order valence-electron chi connectivity index (χ0n) is 14.7. The van der Waals surface area contributed by atoms with E-state index in [0.29, 0.717) is 5.92 Å². The van der Waals surface area contributed by atoms with E-state index in [1.54, 1.807) is 12.1 Å². The maximum absolute atomic E-state index is 3.41. The molecule has 0 atom stereocenters. The van der Waals surface area contributed by atoms with Crippen LogP contribution in [0.5, 0.6) is 0 Å². The molecule has 0 radical (unpaired) electrons. The van der Waals surface area contributed by atoms with Crippen molar-refractivity contribution in [1.29, 1.82) is 0 Å². The summed E-state index contributed by atoms with van der Waals surface area (Å²) in [7, 11) is 4.11. The van der Waals surface area contributed by atoms with Crippen LogP contribution in [0.2, 0.25) is 0 Å². The van der Waals surface area contributed by atoms with E-state index in [1.807, 2.05) is 0 Å². The highest BCUT2D eigenvalue weighted by molar-refractivity contribution is 7.95. The Balaban J connectivity index is 2.26. The number of aromatic nitrogens is 1. The minimum Gasteiger partial charge on any atom is -0.347 e. The lowest BCUT2D eigenvalue weighted by Gasteiger charge is -2.09. The fraction of sp³-hybridized carbons (Fsp3) is 0.556. The van der Waals surface area contributed by atoms with Gasteiger partial charge in [0.1, 0.15) is 0 Å². The molecule has 1 aromatic heterocycles. The Morgan fingerprint density at radius 3 is 2.50 bits per heavy atom. The van der Waals surface area contributed by atoms with Gasteiger partial charge in [-0.3, -0.25) is 4.72 Å². The number of nitrogens with zero attached hydrogens (tertiary/aromatic N) is 2. The van der Waals surface area contributed by atoms with Gasteiger partial charge in [-0.2, -0.15) is 0 Å². The second kappa shape index (κ2) is 7.53. The molecule has 122 valence electrons. The summed E-state index contributed by atoms with van der Waals surface area (Å²) in [4.78, 5) is 0. The standard InChI is InChI=1S/C18H29N3S/c1-13(2)11-21-12-16(7-8-19-22-20(5)6)17-9-14(3)15(4)10-18(17)21/h9-10,12-13,19H,7-8,11H2,1-6H3. The Kier molecular flexibility index (Phi) is 5.95. The monoisotopic (exact) mass is 319 g/mol. The molecule has 1 aromatic carbocycles. The molecule has 2 aromatic rings. The third kappa shape index (κ3) is 4.28. The molecule has 1 heterocycles. The van der Waals surface area contributed by atoms with Crippen molar-refractivity contribution in [2.45, 2.75) is 40.7 Å². The van der Waals surface area contributed by atoms with Crippen molar-refractivity contribution in [2.75, 3.05) is 20.6 Å². The summed E-state index contributed by atoms with van der Waals surface area (Å²) in [5.41, 5.74) is 5.59. The highest BCUT2D eigenvalue weighted by Crippen LogP contribution is 2.26. The van der Waals surface area contributed by atoms with E-state index >= 15 is 0 Å². The Hall–Kier alpha value is -0.970. The largest absolute Gasteiger partial charge is 0.347 e. The van der Waals surface area contributed by atoms with E-state index in [1.165, 1.54) is 27.6 Å². The number of benzene rings is 1. The normalized spacial score (nSPS) is 12.0. The van der Waals surface area contributed by atoms with Crippen molar-refractivity contribution in [3.8, 4) is 0 Å². The quantitative estimate of drug-likeness (QED) is 0.611. The lowest BCUT2D eigenvalue weighted by atomic mass is 10.0. The number of rotatable bonds is 7. The molecule has 0 bridgehead atoms. The topological polar surface area (TPSA) is 20.2 Å². The average molecular weight is 320 g/mol. The Morgan fingerprint density at radius 2 is 1.86 bits per heavy atom. The predicted octanol–water partition coefficient (Wildman–Crippen LogP) is 4.17. The fourth-order valence-corrected chi connectivity index (χ4v) is 3.18. The summed E-state index contributed by atoms with van der Waals surface area (Å²) in [6, 6.07) is 4.70. The summed E-state index contributed by atoms with van der Waals surface area (Å²) in [5.74, 6) is 0.660. The SMILES string of the molecule is Cc1cc2c(CCNSN(C)C)cn(CC(C)C)c2cc1C. The van der Waals surface area contributed by atoms with E-state index in [0.717, 1.165) is 19.5 Å². The van der Waals surface area contributed by atoms with Gasteiger partial charge in [-0.05, 0) is 69.1 Å². The lowest BCUT2D eigenvalue weighted by molar-refractivity contribution is 0.534. The van der Waals surface area contributed by atoms with Crippen molar-refractivity contribution in [1.82, 2.24) is 13.6 Å². The summed E-state index contributed by atoms with van der Waals surface area (Å²) in [6.07, 6.45) is 3.41. The maximum Gasteiger partial charge on any atom is 0.0486 e. The highest BCUT2D eigenvalue weighted by atomic mass is 32.2. The first-order valence-electron chi connectivity index (χ1n) is 8.04. The molecule has 0 unspecified atom stereocenters. The Labute approximate surface area is 139 Å². The van der Waals surface area contributed by atoms with Gasteiger partial charge in [0.2, 0.25) is 0 Å². The van der Waals surface area contributed by atoms with Crippen LogP contribution in [-0.2, 0) is 13.0 Å². The minimum absolute atomic E-state index is 0.660. The second-order valence-electron chi connectivity index (χ2n) is 6.70. The van der Waals surface area contributed by atoms with Crippen LogP contribution in [0.1, 0.15) is 30.5 Å². The van der Waals surface area contributed by atoms with Crippen molar-refractivity contribution in [2.24, 2.45) is 5.92 Å². The van der Waals surface area contributed by atoms with Gasteiger partial charge < -0.3 is 4.57 Å². The maximum atomic E-state index is 3.41. The predicted molar refractivity (Wildman–Crippen MR) is 99.2 cm³/mol. The summed E-state index contributed by atoms with van der Waals surface area (Å²) >= 11 is 1.66. The first-order chi connectivity index (χ1) is 10.4. The zero-order valence-corrected chi connectivity index (χ0v) is 15.5. The smallest absolute Gasteiger partial charge is 0.0486 e. The number of aryl methyl sites for hydroxylation is 2. The molecule has 0 amide bonds. The van der Waals surface area contributed by atoms with Crippen molar-refractivity contribution in [3.63, 3.8) is 0 Å². The van der Waals surface area contributed by atoms with E-state index < -0.39 is 0 Å². The van der Waals surface area contributed by atoms with Gasteiger partial charge in [0, 0.05) is 42.3 Å². The van der Waals surface area contributed by atoms with Crippen LogP contribution in [0.4, 0.5) is 0 Å². The molecular weight excluding hydrogens is 290 g/mol. The molecule has 2 rings (SSSR count). The molecule has 0 aliphatic heterocycles. The van der Waals surface area contributed by atoms with Crippen LogP contribution in [0.25, 0.3) is 10.9 Å². The first kappa shape index (κ1) is 17.4. The summed E-state index contributed by atoms with van der Waals surface area (Å²) in [6.45, 7) is 11.0. The Morgan fingerprint density at radius 1 is 1.18 bits per heavy atom. The van der Waals surface area contributed by atoms with E-state index in [9.17, 15) is 0 Å². The summed E-state index contributed by atoms with van der Waals surface area (Å²) < 4.78 is 7.92. The van der Waals surface area contributed by atoms with Crippen LogP contribution >= 0.6 is 12.1 Å². The lowest BCUT2D eigenvalue weighted by Crippen LogP contribution is -2.15. The first-order valence-corrected chi connectivity index (χ1v) is 8.82. The molecule has 22 heavy (non-hydrogen) atoms. The minimum atomic E-state index is 0.660. The van der Waals surface area contributed by atoms with Gasteiger partial charge in [0.15, 0.2) is 0 Å². The fourth-order valence-electron chi connectivity index (χ4n) is 2.73. The molecule has 4 heteroatoms.